The number of nitrogens with one attached hydrogen (secondary N) is 1. The van der Waals surface area contributed by atoms with Gasteiger partial charge in [0.1, 0.15) is 17.3 Å². The molecule has 1 aliphatic heterocycles. The fourth-order valence-electron chi connectivity index (χ4n) is 5.35. The van der Waals surface area contributed by atoms with Crippen molar-refractivity contribution in [3.63, 3.8) is 0 Å². The molecular formula is C32H31N5O3. The van der Waals surface area contributed by atoms with Gasteiger partial charge in [-0.2, -0.15) is 5.10 Å². The topological polar surface area (TPSA) is 73.5 Å². The van der Waals surface area contributed by atoms with Crippen molar-refractivity contribution < 1.29 is 14.3 Å². The summed E-state index contributed by atoms with van der Waals surface area (Å²) in [6.45, 7) is 4.76. The molecule has 0 radical (unpaired) electrons. The minimum atomic E-state index is -0.402. The molecule has 202 valence electrons. The number of methoxy groups -OCH3 is 1. The number of ether oxygens (including phenoxy) is 2. The first-order chi connectivity index (χ1) is 19.6. The number of fused-ring (bicyclic) bond motifs is 3. The van der Waals surface area contributed by atoms with E-state index in [0.717, 1.165) is 39.8 Å². The number of anilines is 1. The van der Waals surface area contributed by atoms with Crippen LogP contribution in [-0.4, -0.2) is 39.0 Å². The lowest BCUT2D eigenvalue weighted by molar-refractivity contribution is 0.194. The van der Waals surface area contributed by atoms with Gasteiger partial charge < -0.3 is 24.3 Å². The molecule has 0 spiro atoms. The number of amides is 2. The van der Waals surface area contributed by atoms with E-state index in [2.05, 4.69) is 16.0 Å². The van der Waals surface area contributed by atoms with Crippen LogP contribution < -0.4 is 14.8 Å². The molecule has 40 heavy (non-hydrogen) atoms. The van der Waals surface area contributed by atoms with Gasteiger partial charge in [-0.15, -0.1) is 0 Å². The normalized spacial score (nSPS) is 14.2. The summed E-state index contributed by atoms with van der Waals surface area (Å²) < 4.78 is 15.5. The van der Waals surface area contributed by atoms with Gasteiger partial charge in [-0.05, 0) is 67.9 Å². The van der Waals surface area contributed by atoms with Crippen LogP contribution in [0.4, 0.5) is 10.5 Å². The van der Waals surface area contributed by atoms with Crippen LogP contribution in [0.2, 0.25) is 0 Å². The molecule has 8 nitrogen and oxygen atoms in total. The van der Waals surface area contributed by atoms with Crippen LogP contribution in [0.15, 0.2) is 97.2 Å². The molecule has 0 aliphatic carbocycles. The molecule has 3 aromatic carbocycles. The van der Waals surface area contributed by atoms with E-state index < -0.39 is 6.04 Å². The minimum Gasteiger partial charge on any atom is -0.497 e. The fraction of sp³-hybridized carbons (Fsp3) is 0.188. The van der Waals surface area contributed by atoms with Gasteiger partial charge in [0.2, 0.25) is 0 Å². The van der Waals surface area contributed by atoms with Gasteiger partial charge in [-0.3, -0.25) is 0 Å². The van der Waals surface area contributed by atoms with Crippen molar-refractivity contribution in [3.8, 4) is 23.0 Å². The Morgan fingerprint density at radius 3 is 2.60 bits per heavy atom. The van der Waals surface area contributed by atoms with Gasteiger partial charge in [0, 0.05) is 11.8 Å². The monoisotopic (exact) mass is 533 g/mol. The molecule has 1 atom stereocenters. The zero-order chi connectivity index (χ0) is 27.6. The van der Waals surface area contributed by atoms with Gasteiger partial charge in [-0.25, -0.2) is 9.48 Å². The van der Waals surface area contributed by atoms with E-state index in [9.17, 15) is 4.79 Å². The van der Waals surface area contributed by atoms with Crippen LogP contribution in [0.1, 0.15) is 35.5 Å². The van der Waals surface area contributed by atoms with Crippen LogP contribution in [-0.2, 0) is 6.54 Å². The first-order valence-electron chi connectivity index (χ1n) is 13.3. The number of aromatic nitrogens is 3. The zero-order valence-corrected chi connectivity index (χ0v) is 22.7. The molecule has 0 fully saturated rings. The molecule has 6 rings (SSSR count). The number of rotatable bonds is 6. The highest BCUT2D eigenvalue weighted by Crippen LogP contribution is 2.39. The molecule has 1 aliphatic rings. The smallest absolute Gasteiger partial charge is 0.323 e. The molecule has 3 heterocycles. The van der Waals surface area contributed by atoms with E-state index in [-0.39, 0.29) is 6.03 Å². The van der Waals surface area contributed by atoms with Crippen molar-refractivity contribution >= 4 is 11.7 Å². The van der Waals surface area contributed by atoms with Crippen LogP contribution in [0.3, 0.4) is 0 Å². The van der Waals surface area contributed by atoms with E-state index in [1.807, 2.05) is 115 Å². The second-order valence-corrected chi connectivity index (χ2v) is 9.60. The second-order valence-electron chi connectivity index (χ2n) is 9.60. The molecule has 8 heteroatoms. The van der Waals surface area contributed by atoms with E-state index in [1.165, 1.54) is 0 Å². The molecule has 0 bridgehead atoms. The maximum Gasteiger partial charge on any atom is 0.323 e. The fourth-order valence-corrected chi connectivity index (χ4v) is 5.35. The van der Waals surface area contributed by atoms with E-state index in [1.54, 1.807) is 7.11 Å². The number of para-hydroxylation sites is 3. The van der Waals surface area contributed by atoms with Crippen molar-refractivity contribution in [3.05, 3.63) is 120 Å². The quantitative estimate of drug-likeness (QED) is 0.270. The standard InChI is InChI=1S/C32H31N5O3/c1-4-40-29-18-9-8-16-27(29)33-32(38)36-21-26-22(2)34-37(24-13-6-5-7-14-24)31(26)35-19-11-17-28(35)30(36)23-12-10-15-25(20-23)39-3/h5-20,30H,4,21H2,1-3H3,(H,33,38)/t30-/m0/s1. The summed E-state index contributed by atoms with van der Waals surface area (Å²) in [5, 5.41) is 8.05. The van der Waals surface area contributed by atoms with E-state index in [4.69, 9.17) is 14.6 Å². The minimum absolute atomic E-state index is 0.243. The number of urea groups is 1. The first-order valence-corrected chi connectivity index (χ1v) is 13.3. The van der Waals surface area contributed by atoms with E-state index >= 15 is 0 Å². The number of nitrogens with zero attached hydrogens (tertiary/aromatic N) is 4. The Balaban J connectivity index is 1.53. The van der Waals surface area contributed by atoms with Gasteiger partial charge >= 0.3 is 6.03 Å². The Morgan fingerprint density at radius 2 is 1.80 bits per heavy atom. The average molecular weight is 534 g/mol. The Labute approximate surface area is 233 Å². The molecule has 0 saturated heterocycles. The largest absolute Gasteiger partial charge is 0.497 e. The van der Waals surface area contributed by atoms with Crippen LogP contribution >= 0.6 is 0 Å². The van der Waals surface area contributed by atoms with E-state index in [0.29, 0.717) is 24.6 Å². The Bertz CT molecular complexity index is 1660. The SMILES string of the molecule is CCOc1ccccc1NC(=O)N1Cc2c(C)nn(-c3ccccc3)c2-n2cccc2[C@@H]1c1cccc(OC)c1. The van der Waals surface area contributed by atoms with Crippen molar-refractivity contribution in [1.29, 1.82) is 0 Å². The third-order valence-electron chi connectivity index (χ3n) is 7.19. The summed E-state index contributed by atoms with van der Waals surface area (Å²) in [5.74, 6) is 2.27. The molecule has 5 aromatic rings. The molecular weight excluding hydrogens is 502 g/mol. The summed E-state index contributed by atoms with van der Waals surface area (Å²) >= 11 is 0. The molecule has 0 saturated carbocycles. The number of hydrogen-bond acceptors (Lipinski definition) is 4. The third kappa shape index (κ3) is 4.47. The third-order valence-corrected chi connectivity index (χ3v) is 7.19. The summed E-state index contributed by atoms with van der Waals surface area (Å²) in [6.07, 6.45) is 2.04. The summed E-state index contributed by atoms with van der Waals surface area (Å²) in [7, 11) is 1.65. The second kappa shape index (κ2) is 10.6. The van der Waals surface area contributed by atoms with Crippen LogP contribution in [0, 0.1) is 6.92 Å². The lowest BCUT2D eigenvalue weighted by atomic mass is 10.0. The zero-order valence-electron chi connectivity index (χ0n) is 22.7. The molecule has 2 aromatic heterocycles. The van der Waals surface area contributed by atoms with Gasteiger partial charge in [-0.1, -0.05) is 42.5 Å². The van der Waals surface area contributed by atoms with Crippen molar-refractivity contribution in [2.45, 2.75) is 26.4 Å². The maximum absolute atomic E-state index is 14.2. The number of carbonyl (C=O) groups is 1. The Morgan fingerprint density at radius 1 is 1.00 bits per heavy atom. The highest BCUT2D eigenvalue weighted by molar-refractivity contribution is 5.91. The lowest BCUT2D eigenvalue weighted by Gasteiger charge is -2.31. The number of carbonyl (C=O) groups excluding carboxylic acids is 1. The Kier molecular flexibility index (Phi) is 6.74. The predicted molar refractivity (Wildman–Crippen MR) is 155 cm³/mol. The van der Waals surface area contributed by atoms with Crippen LogP contribution in [0.5, 0.6) is 11.5 Å². The summed E-state index contributed by atoms with van der Waals surface area (Å²) in [4.78, 5) is 16.1. The molecule has 2 amide bonds. The van der Waals surface area contributed by atoms with Crippen molar-refractivity contribution in [2.24, 2.45) is 0 Å². The first kappa shape index (κ1) is 25.3. The summed E-state index contributed by atoms with van der Waals surface area (Å²) in [5.41, 5.74) is 5.28. The number of hydrogen-bond donors (Lipinski definition) is 1. The Hall–Kier alpha value is -4.98. The number of aryl methyl sites for hydroxylation is 1. The van der Waals surface area contributed by atoms with Crippen molar-refractivity contribution in [2.75, 3.05) is 19.0 Å². The van der Waals surface area contributed by atoms with Gasteiger partial charge in [0.05, 0.1) is 49.1 Å². The molecule has 0 unspecified atom stereocenters. The van der Waals surface area contributed by atoms with Crippen molar-refractivity contribution in [1.82, 2.24) is 19.2 Å². The van der Waals surface area contributed by atoms with Gasteiger partial charge in [0.25, 0.3) is 0 Å². The lowest BCUT2D eigenvalue weighted by Crippen LogP contribution is -2.38. The highest BCUT2D eigenvalue weighted by Gasteiger charge is 2.36. The molecule has 1 N–H and O–H groups in total. The maximum atomic E-state index is 14.2. The average Bonchev–Trinajstić information content (AvgIpc) is 3.55. The predicted octanol–water partition coefficient (Wildman–Crippen LogP) is 6.52. The van der Waals surface area contributed by atoms with Crippen LogP contribution in [0.25, 0.3) is 11.5 Å². The summed E-state index contributed by atoms with van der Waals surface area (Å²) in [6, 6.07) is 28.9. The number of benzene rings is 3. The highest BCUT2D eigenvalue weighted by atomic mass is 16.5. The van der Waals surface area contributed by atoms with Gasteiger partial charge in [0.15, 0.2) is 0 Å².